The second kappa shape index (κ2) is 7.16. The second-order valence-electron chi connectivity index (χ2n) is 6.54. The molecule has 1 atom stereocenters. The third-order valence-corrected chi connectivity index (χ3v) is 5.29. The van der Waals surface area contributed by atoms with Crippen LogP contribution in [0.1, 0.15) is 31.2 Å². The summed E-state index contributed by atoms with van der Waals surface area (Å²) in [4.78, 5) is 16.1. The van der Waals surface area contributed by atoms with E-state index in [0.717, 1.165) is 45.3 Å². The highest BCUT2D eigenvalue weighted by Gasteiger charge is 2.35. The van der Waals surface area contributed by atoms with E-state index in [1.807, 2.05) is 0 Å². The number of hydrogen-bond donors (Lipinski definition) is 1. The number of benzene rings is 1. The van der Waals surface area contributed by atoms with Crippen LogP contribution in [0.5, 0.6) is 0 Å². The number of primary amides is 1. The van der Waals surface area contributed by atoms with Gasteiger partial charge in [-0.05, 0) is 57.5 Å². The van der Waals surface area contributed by atoms with E-state index >= 15 is 0 Å². The number of piperidine rings is 1. The Balaban J connectivity index is 1.55. The highest BCUT2D eigenvalue weighted by Crippen LogP contribution is 2.27. The Bertz CT molecular complexity index is 575. The second-order valence-corrected chi connectivity index (χ2v) is 6.98. The number of carbonyl (C=O) groups excluding carboxylic acids is 1. The SMILES string of the molecule is NC(=O)[C@@H]1CCCN1C1CCN(Cc2ccc(Cl)cc2F)CC1. The number of amides is 1. The maximum atomic E-state index is 13.9. The molecule has 4 nitrogen and oxygen atoms in total. The highest BCUT2D eigenvalue weighted by atomic mass is 35.5. The summed E-state index contributed by atoms with van der Waals surface area (Å²) in [7, 11) is 0. The van der Waals surface area contributed by atoms with Gasteiger partial charge < -0.3 is 5.73 Å². The fourth-order valence-corrected chi connectivity index (χ4v) is 3.99. The molecule has 2 N–H and O–H groups in total. The van der Waals surface area contributed by atoms with Gasteiger partial charge in [-0.25, -0.2) is 4.39 Å². The summed E-state index contributed by atoms with van der Waals surface area (Å²) in [6.07, 6.45) is 3.92. The lowest BCUT2D eigenvalue weighted by atomic mass is 10.0. The van der Waals surface area contributed by atoms with Crippen LogP contribution in [0.2, 0.25) is 5.02 Å². The molecule has 2 aliphatic rings. The molecule has 2 aliphatic heterocycles. The van der Waals surface area contributed by atoms with E-state index in [4.69, 9.17) is 17.3 Å². The summed E-state index contributed by atoms with van der Waals surface area (Å²) in [5, 5.41) is 0.427. The van der Waals surface area contributed by atoms with Crippen LogP contribution in [0.4, 0.5) is 4.39 Å². The van der Waals surface area contributed by atoms with Gasteiger partial charge in [0.2, 0.25) is 5.91 Å². The zero-order valence-corrected chi connectivity index (χ0v) is 13.9. The molecule has 2 saturated heterocycles. The van der Waals surface area contributed by atoms with E-state index < -0.39 is 0 Å². The molecular formula is C17H23ClFN3O. The molecule has 2 heterocycles. The molecule has 23 heavy (non-hydrogen) atoms. The molecule has 0 aliphatic carbocycles. The summed E-state index contributed by atoms with van der Waals surface area (Å²) in [5.74, 6) is -0.443. The molecule has 126 valence electrons. The molecule has 0 spiro atoms. The van der Waals surface area contributed by atoms with Crippen LogP contribution in [0.3, 0.4) is 0 Å². The van der Waals surface area contributed by atoms with Crippen molar-refractivity contribution < 1.29 is 9.18 Å². The molecule has 6 heteroatoms. The van der Waals surface area contributed by atoms with Crippen LogP contribution in [0.25, 0.3) is 0 Å². The normalized spacial score (nSPS) is 24.2. The molecule has 1 aromatic carbocycles. The number of hydrogen-bond acceptors (Lipinski definition) is 3. The first-order chi connectivity index (χ1) is 11.0. The molecule has 1 amide bonds. The van der Waals surface area contributed by atoms with E-state index in [1.165, 1.54) is 6.07 Å². The van der Waals surface area contributed by atoms with E-state index in [9.17, 15) is 9.18 Å². The monoisotopic (exact) mass is 339 g/mol. The minimum absolute atomic E-state index is 0.0970. The molecule has 1 aromatic rings. The van der Waals surface area contributed by atoms with Crippen molar-refractivity contribution in [3.63, 3.8) is 0 Å². The van der Waals surface area contributed by atoms with Crippen LogP contribution in [0.15, 0.2) is 18.2 Å². The number of carbonyl (C=O) groups is 1. The molecule has 0 saturated carbocycles. The fraction of sp³-hybridized carbons (Fsp3) is 0.588. The fourth-order valence-electron chi connectivity index (χ4n) is 3.83. The van der Waals surface area contributed by atoms with Crippen LogP contribution in [-0.4, -0.2) is 47.4 Å². The summed E-state index contributed by atoms with van der Waals surface area (Å²) in [6.45, 7) is 3.39. The summed E-state index contributed by atoms with van der Waals surface area (Å²) >= 11 is 5.79. The van der Waals surface area contributed by atoms with Crippen LogP contribution in [0, 0.1) is 5.82 Å². The maximum absolute atomic E-state index is 13.9. The lowest BCUT2D eigenvalue weighted by Gasteiger charge is -2.38. The van der Waals surface area contributed by atoms with Crippen molar-refractivity contribution >= 4 is 17.5 Å². The molecule has 0 radical (unpaired) electrons. The van der Waals surface area contributed by atoms with Crippen molar-refractivity contribution in [2.24, 2.45) is 5.73 Å². The van der Waals surface area contributed by atoms with Gasteiger partial charge in [-0.1, -0.05) is 17.7 Å². The van der Waals surface area contributed by atoms with E-state index in [-0.39, 0.29) is 17.8 Å². The van der Waals surface area contributed by atoms with Gasteiger partial charge in [-0.2, -0.15) is 0 Å². The van der Waals surface area contributed by atoms with Crippen LogP contribution >= 0.6 is 11.6 Å². The Morgan fingerprint density at radius 1 is 1.26 bits per heavy atom. The largest absolute Gasteiger partial charge is 0.368 e. The average Bonchev–Trinajstić information content (AvgIpc) is 3.00. The predicted molar refractivity (Wildman–Crippen MR) is 88.6 cm³/mol. The van der Waals surface area contributed by atoms with Crippen LogP contribution < -0.4 is 5.73 Å². The zero-order valence-electron chi connectivity index (χ0n) is 13.2. The predicted octanol–water partition coefficient (Wildman–Crippen LogP) is 2.39. The van der Waals surface area contributed by atoms with Crippen LogP contribution in [-0.2, 0) is 11.3 Å². The minimum Gasteiger partial charge on any atom is -0.368 e. The molecule has 0 aromatic heterocycles. The molecular weight excluding hydrogens is 317 g/mol. The summed E-state index contributed by atoms with van der Waals surface area (Å²) in [5.41, 5.74) is 6.19. The average molecular weight is 340 g/mol. The number of rotatable bonds is 4. The van der Waals surface area contributed by atoms with Gasteiger partial charge in [-0.15, -0.1) is 0 Å². The van der Waals surface area contributed by atoms with Gasteiger partial charge in [0.1, 0.15) is 5.82 Å². The number of nitrogens with two attached hydrogens (primary N) is 1. The third kappa shape index (κ3) is 3.84. The number of likely N-dealkylation sites (tertiary alicyclic amines) is 2. The summed E-state index contributed by atoms with van der Waals surface area (Å²) in [6, 6.07) is 5.18. The lowest BCUT2D eigenvalue weighted by molar-refractivity contribution is -0.123. The molecule has 3 rings (SSSR count). The van der Waals surface area contributed by atoms with Crippen molar-refractivity contribution in [1.82, 2.24) is 9.80 Å². The van der Waals surface area contributed by atoms with Gasteiger partial charge >= 0.3 is 0 Å². The van der Waals surface area contributed by atoms with Gasteiger partial charge in [0.25, 0.3) is 0 Å². The smallest absolute Gasteiger partial charge is 0.234 e. The van der Waals surface area contributed by atoms with E-state index in [1.54, 1.807) is 12.1 Å². The minimum atomic E-state index is -0.243. The van der Waals surface area contributed by atoms with Crippen molar-refractivity contribution in [3.05, 3.63) is 34.6 Å². The Morgan fingerprint density at radius 3 is 2.65 bits per heavy atom. The molecule has 0 bridgehead atoms. The van der Waals surface area contributed by atoms with E-state index in [2.05, 4.69) is 9.80 Å². The third-order valence-electron chi connectivity index (χ3n) is 5.06. The van der Waals surface area contributed by atoms with Gasteiger partial charge in [0.15, 0.2) is 0 Å². The first-order valence-corrected chi connectivity index (χ1v) is 8.64. The molecule has 2 fully saturated rings. The van der Waals surface area contributed by atoms with E-state index in [0.29, 0.717) is 23.2 Å². The maximum Gasteiger partial charge on any atom is 0.234 e. The Morgan fingerprint density at radius 2 is 2.00 bits per heavy atom. The number of nitrogens with zero attached hydrogens (tertiary/aromatic N) is 2. The quantitative estimate of drug-likeness (QED) is 0.916. The van der Waals surface area contributed by atoms with Gasteiger partial charge in [-0.3, -0.25) is 14.6 Å². The van der Waals surface area contributed by atoms with Gasteiger partial charge in [0.05, 0.1) is 6.04 Å². The van der Waals surface area contributed by atoms with Crippen molar-refractivity contribution in [1.29, 1.82) is 0 Å². The van der Waals surface area contributed by atoms with Crippen molar-refractivity contribution in [2.45, 2.75) is 44.3 Å². The first-order valence-electron chi connectivity index (χ1n) is 8.26. The topological polar surface area (TPSA) is 49.6 Å². The zero-order chi connectivity index (χ0) is 16.4. The highest BCUT2D eigenvalue weighted by molar-refractivity contribution is 6.30. The first kappa shape index (κ1) is 16.7. The molecule has 0 unspecified atom stereocenters. The lowest BCUT2D eigenvalue weighted by Crippen LogP contribution is -2.50. The summed E-state index contributed by atoms with van der Waals surface area (Å²) < 4.78 is 13.9. The van der Waals surface area contributed by atoms with Gasteiger partial charge in [0, 0.05) is 23.2 Å². The Kier molecular flexibility index (Phi) is 5.19. The Hall–Kier alpha value is -1.17. The Labute approximate surface area is 141 Å². The van der Waals surface area contributed by atoms with Crippen molar-refractivity contribution in [3.8, 4) is 0 Å². The standard InChI is InChI=1S/C17H23ClFN3O/c18-13-4-3-12(15(19)10-13)11-21-8-5-14(6-9-21)22-7-1-2-16(22)17(20)23/h3-4,10,14,16H,1-2,5-9,11H2,(H2,20,23)/t16-/m0/s1. The van der Waals surface area contributed by atoms with Crippen molar-refractivity contribution in [2.75, 3.05) is 19.6 Å². The number of halogens is 2.